The van der Waals surface area contributed by atoms with Gasteiger partial charge in [-0.25, -0.2) is 0 Å². The van der Waals surface area contributed by atoms with E-state index in [9.17, 15) is 9.59 Å². The average Bonchev–Trinajstić information content (AvgIpc) is 3.05. The molecule has 1 saturated heterocycles. The van der Waals surface area contributed by atoms with Crippen LogP contribution in [0.4, 0.5) is 0 Å². The summed E-state index contributed by atoms with van der Waals surface area (Å²) in [5.74, 6) is 0.759. The Balaban J connectivity index is 1.52. The van der Waals surface area contributed by atoms with Crippen LogP contribution in [0.2, 0.25) is 0 Å². The Morgan fingerprint density at radius 3 is 1.74 bits per heavy atom. The molecule has 2 saturated carbocycles. The molecule has 0 aromatic rings. The van der Waals surface area contributed by atoms with Gasteiger partial charge in [-0.3, -0.25) is 14.5 Å². The number of thioether (sulfide) groups is 1. The van der Waals surface area contributed by atoms with Crippen molar-refractivity contribution in [2.24, 2.45) is 5.92 Å². The smallest absolute Gasteiger partial charge is 0.242 e. The van der Waals surface area contributed by atoms with Crippen molar-refractivity contribution in [2.75, 3.05) is 6.54 Å². The van der Waals surface area contributed by atoms with Crippen molar-refractivity contribution in [2.45, 2.75) is 120 Å². The molecule has 0 N–H and O–H groups in total. The van der Waals surface area contributed by atoms with Gasteiger partial charge < -0.3 is 0 Å². The molecule has 1 heterocycles. The molecule has 4 heteroatoms. The number of carbonyl (C=O) groups excluding carboxylic acids is 2. The third-order valence-corrected chi connectivity index (χ3v) is 8.33. The summed E-state index contributed by atoms with van der Waals surface area (Å²) in [6.07, 6.45) is 21.2. The molecular weight excluding hydrogens is 354 g/mol. The highest BCUT2D eigenvalue weighted by Gasteiger charge is 2.40. The number of hydrogen-bond donors (Lipinski definition) is 0. The van der Waals surface area contributed by atoms with Crippen molar-refractivity contribution >= 4 is 23.6 Å². The highest BCUT2D eigenvalue weighted by Crippen LogP contribution is 2.35. The third-order valence-electron chi connectivity index (χ3n) is 6.78. The predicted molar refractivity (Wildman–Crippen MR) is 114 cm³/mol. The topological polar surface area (TPSA) is 37.4 Å². The molecule has 0 aromatic carbocycles. The maximum Gasteiger partial charge on any atom is 0.242 e. The summed E-state index contributed by atoms with van der Waals surface area (Å²) < 4.78 is 0. The van der Waals surface area contributed by atoms with Crippen molar-refractivity contribution in [3.8, 4) is 0 Å². The summed E-state index contributed by atoms with van der Waals surface area (Å²) in [7, 11) is 0. The Morgan fingerprint density at radius 2 is 1.19 bits per heavy atom. The maximum atomic E-state index is 13.0. The molecule has 154 valence electrons. The molecule has 3 fully saturated rings. The number of rotatable bonds is 4. The van der Waals surface area contributed by atoms with E-state index in [4.69, 9.17) is 0 Å². The molecule has 1 aliphatic heterocycles. The van der Waals surface area contributed by atoms with Gasteiger partial charge in [0.05, 0.1) is 5.25 Å². The van der Waals surface area contributed by atoms with Gasteiger partial charge in [0.25, 0.3) is 0 Å². The van der Waals surface area contributed by atoms with E-state index in [2.05, 4.69) is 0 Å². The van der Waals surface area contributed by atoms with Gasteiger partial charge in [-0.2, -0.15) is 0 Å². The second-order valence-corrected chi connectivity index (χ2v) is 10.6. The molecule has 1 unspecified atom stereocenters. The van der Waals surface area contributed by atoms with Crippen LogP contribution in [0.15, 0.2) is 0 Å². The molecular formula is C23H39NO2S. The molecule has 27 heavy (non-hydrogen) atoms. The molecule has 0 bridgehead atoms. The zero-order valence-electron chi connectivity index (χ0n) is 17.1. The lowest BCUT2D eigenvalue weighted by Gasteiger charge is -2.23. The van der Waals surface area contributed by atoms with E-state index in [1.54, 1.807) is 4.90 Å². The SMILES string of the molecule is O=C1CC(SC2CCCCCCCC2)C(=O)N1CC1CCCCCCCC1. The predicted octanol–water partition coefficient (Wildman–Crippen LogP) is 6.10. The van der Waals surface area contributed by atoms with Gasteiger partial charge in [0.2, 0.25) is 11.8 Å². The first-order valence-electron chi connectivity index (χ1n) is 11.7. The van der Waals surface area contributed by atoms with E-state index in [1.165, 1.54) is 103 Å². The Kier molecular flexibility index (Phi) is 9.02. The van der Waals surface area contributed by atoms with Crippen LogP contribution in [0.25, 0.3) is 0 Å². The summed E-state index contributed by atoms with van der Waals surface area (Å²) in [6.45, 7) is 0.694. The van der Waals surface area contributed by atoms with Crippen molar-refractivity contribution in [3.63, 3.8) is 0 Å². The van der Waals surface area contributed by atoms with E-state index in [0.29, 0.717) is 24.1 Å². The third kappa shape index (κ3) is 6.80. The van der Waals surface area contributed by atoms with Crippen LogP contribution >= 0.6 is 11.8 Å². The molecule has 1 atom stereocenters. The fraction of sp³-hybridized carbons (Fsp3) is 0.913. The molecule has 2 aliphatic carbocycles. The first-order valence-corrected chi connectivity index (χ1v) is 12.7. The highest BCUT2D eigenvalue weighted by atomic mass is 32.2. The van der Waals surface area contributed by atoms with Crippen molar-refractivity contribution < 1.29 is 9.59 Å². The summed E-state index contributed by atoms with van der Waals surface area (Å²) in [5, 5.41) is 0.481. The van der Waals surface area contributed by atoms with Gasteiger partial charge >= 0.3 is 0 Å². The van der Waals surface area contributed by atoms with Gasteiger partial charge in [0.15, 0.2) is 0 Å². The standard InChI is InChI=1S/C23H39NO2S/c25-22-17-21(27-20-15-11-7-3-4-8-12-16-20)23(26)24(22)18-19-13-9-5-1-2-6-10-14-19/h19-21H,1-18H2. The normalized spacial score (nSPS) is 28.1. The van der Waals surface area contributed by atoms with Crippen LogP contribution in [0.3, 0.4) is 0 Å². The molecule has 3 nitrogen and oxygen atoms in total. The second-order valence-electron chi connectivity index (χ2n) is 9.06. The number of imide groups is 1. The van der Waals surface area contributed by atoms with E-state index in [1.807, 2.05) is 11.8 Å². The lowest BCUT2D eigenvalue weighted by Crippen LogP contribution is -2.36. The Bertz CT molecular complexity index is 461. The number of carbonyl (C=O) groups is 2. The van der Waals surface area contributed by atoms with E-state index in [-0.39, 0.29) is 17.1 Å². The van der Waals surface area contributed by atoms with Crippen LogP contribution in [-0.4, -0.2) is 33.8 Å². The minimum absolute atomic E-state index is 0.0976. The van der Waals surface area contributed by atoms with Gasteiger partial charge in [0, 0.05) is 18.2 Å². The fourth-order valence-electron chi connectivity index (χ4n) is 5.07. The number of hydrogen-bond acceptors (Lipinski definition) is 3. The molecule has 3 rings (SSSR count). The molecule has 0 radical (unpaired) electrons. The van der Waals surface area contributed by atoms with Crippen LogP contribution in [-0.2, 0) is 9.59 Å². The van der Waals surface area contributed by atoms with E-state index in [0.717, 1.165) is 0 Å². The minimum Gasteiger partial charge on any atom is -0.281 e. The lowest BCUT2D eigenvalue weighted by molar-refractivity contribution is -0.139. The van der Waals surface area contributed by atoms with Gasteiger partial charge in [-0.05, 0) is 31.6 Å². The van der Waals surface area contributed by atoms with E-state index < -0.39 is 0 Å². The van der Waals surface area contributed by atoms with E-state index >= 15 is 0 Å². The maximum absolute atomic E-state index is 13.0. The van der Waals surface area contributed by atoms with Gasteiger partial charge in [-0.1, -0.05) is 77.0 Å². The van der Waals surface area contributed by atoms with Crippen molar-refractivity contribution in [1.82, 2.24) is 4.90 Å². The average molecular weight is 394 g/mol. The quantitative estimate of drug-likeness (QED) is 0.541. The van der Waals surface area contributed by atoms with Crippen LogP contribution < -0.4 is 0 Å². The van der Waals surface area contributed by atoms with Crippen molar-refractivity contribution in [3.05, 3.63) is 0 Å². The highest BCUT2D eigenvalue weighted by molar-refractivity contribution is 8.01. The number of nitrogens with zero attached hydrogens (tertiary/aromatic N) is 1. The Hall–Kier alpha value is -0.510. The molecule has 0 spiro atoms. The largest absolute Gasteiger partial charge is 0.281 e. The van der Waals surface area contributed by atoms with Crippen LogP contribution in [0, 0.1) is 5.92 Å². The monoisotopic (exact) mass is 393 g/mol. The minimum atomic E-state index is -0.0976. The Labute approximate surface area is 170 Å². The fourth-order valence-corrected chi connectivity index (χ4v) is 6.63. The van der Waals surface area contributed by atoms with Crippen LogP contribution in [0.5, 0.6) is 0 Å². The first kappa shape index (κ1) is 21.2. The summed E-state index contributed by atoms with van der Waals surface area (Å²) >= 11 is 1.84. The summed E-state index contributed by atoms with van der Waals surface area (Å²) in [6, 6.07) is 0. The zero-order valence-corrected chi connectivity index (χ0v) is 17.9. The summed E-state index contributed by atoms with van der Waals surface area (Å²) in [5.41, 5.74) is 0. The van der Waals surface area contributed by atoms with Crippen molar-refractivity contribution in [1.29, 1.82) is 0 Å². The van der Waals surface area contributed by atoms with Crippen LogP contribution in [0.1, 0.15) is 109 Å². The Morgan fingerprint density at radius 1 is 0.704 bits per heavy atom. The number of likely N-dealkylation sites (tertiary alicyclic amines) is 1. The first-order chi connectivity index (χ1) is 13.2. The lowest BCUT2D eigenvalue weighted by atomic mass is 9.96. The summed E-state index contributed by atoms with van der Waals surface area (Å²) in [4.78, 5) is 27.2. The number of amides is 2. The van der Waals surface area contributed by atoms with Gasteiger partial charge in [-0.15, -0.1) is 11.8 Å². The van der Waals surface area contributed by atoms with Gasteiger partial charge in [0.1, 0.15) is 0 Å². The molecule has 2 amide bonds. The molecule has 0 aromatic heterocycles. The zero-order chi connectivity index (χ0) is 18.9. The molecule has 3 aliphatic rings. The second kappa shape index (κ2) is 11.5.